The van der Waals surface area contributed by atoms with Crippen LogP contribution in [-0.2, 0) is 0 Å². The highest BCUT2D eigenvalue weighted by molar-refractivity contribution is 7.15. The number of benzene rings is 1. The average molecular weight is 307 g/mol. The van der Waals surface area contributed by atoms with Crippen LogP contribution in [0.2, 0.25) is 5.02 Å². The summed E-state index contributed by atoms with van der Waals surface area (Å²) in [5.74, 6) is 0.653. The van der Waals surface area contributed by atoms with E-state index in [1.54, 1.807) is 17.6 Å². The Morgan fingerprint density at radius 3 is 2.95 bits per heavy atom. The van der Waals surface area contributed by atoms with Crippen molar-refractivity contribution in [3.63, 3.8) is 0 Å². The molecule has 2 heterocycles. The van der Waals surface area contributed by atoms with Crippen LogP contribution in [0.15, 0.2) is 23.7 Å². The third-order valence-electron chi connectivity index (χ3n) is 3.15. The van der Waals surface area contributed by atoms with Crippen LogP contribution >= 0.6 is 22.9 Å². The molecule has 0 saturated heterocycles. The number of carbonyl (C=O) groups excluding carboxylic acids is 1. The van der Waals surface area contributed by atoms with Gasteiger partial charge in [0.25, 0.3) is 0 Å². The maximum absolute atomic E-state index is 11.4. The molecule has 3 rings (SSSR count). The van der Waals surface area contributed by atoms with E-state index in [1.807, 2.05) is 24.6 Å². The Kier molecular flexibility index (Phi) is 3.23. The Hall–Kier alpha value is -1.85. The number of nitrogens with zero attached hydrogens (tertiary/aromatic N) is 2. The van der Waals surface area contributed by atoms with Gasteiger partial charge in [-0.25, -0.2) is 4.98 Å². The Balaban J connectivity index is 2.32. The molecular formula is C14H11ClN2O2S. The highest BCUT2D eigenvalue weighted by Gasteiger charge is 2.18. The van der Waals surface area contributed by atoms with E-state index in [-0.39, 0.29) is 0 Å². The van der Waals surface area contributed by atoms with Crippen LogP contribution < -0.4 is 4.74 Å². The van der Waals surface area contributed by atoms with E-state index in [0.29, 0.717) is 22.2 Å². The number of carbonyl (C=O) groups is 1. The Bertz CT molecular complexity index is 807. The molecule has 0 saturated carbocycles. The van der Waals surface area contributed by atoms with Gasteiger partial charge in [-0.3, -0.25) is 9.20 Å². The molecule has 0 aliphatic carbocycles. The van der Waals surface area contributed by atoms with Crippen molar-refractivity contribution in [2.24, 2.45) is 0 Å². The van der Waals surface area contributed by atoms with Gasteiger partial charge < -0.3 is 4.74 Å². The molecule has 0 unspecified atom stereocenters. The lowest BCUT2D eigenvalue weighted by Crippen LogP contribution is -1.94. The summed E-state index contributed by atoms with van der Waals surface area (Å²) >= 11 is 7.66. The number of fused-ring (bicyclic) bond motifs is 1. The van der Waals surface area contributed by atoms with E-state index in [9.17, 15) is 4.79 Å². The highest BCUT2D eigenvalue weighted by atomic mass is 35.5. The minimum atomic E-state index is 0.500. The molecular weight excluding hydrogens is 296 g/mol. The van der Waals surface area contributed by atoms with E-state index in [4.69, 9.17) is 16.3 Å². The fourth-order valence-electron chi connectivity index (χ4n) is 2.12. The van der Waals surface area contributed by atoms with Gasteiger partial charge in [-0.1, -0.05) is 11.6 Å². The number of rotatable bonds is 3. The Morgan fingerprint density at radius 2 is 2.25 bits per heavy atom. The zero-order valence-corrected chi connectivity index (χ0v) is 12.5. The van der Waals surface area contributed by atoms with E-state index in [1.165, 1.54) is 11.3 Å². The van der Waals surface area contributed by atoms with Crippen LogP contribution in [-0.4, -0.2) is 22.8 Å². The molecule has 0 atom stereocenters. The molecule has 0 bridgehead atoms. The van der Waals surface area contributed by atoms with Crippen molar-refractivity contribution in [2.45, 2.75) is 6.92 Å². The van der Waals surface area contributed by atoms with Crippen LogP contribution in [0, 0.1) is 6.92 Å². The van der Waals surface area contributed by atoms with E-state index in [0.717, 1.165) is 22.4 Å². The molecule has 0 aliphatic heterocycles. The quantitative estimate of drug-likeness (QED) is 0.690. The van der Waals surface area contributed by atoms with Gasteiger partial charge in [0.1, 0.15) is 17.1 Å². The van der Waals surface area contributed by atoms with Crippen molar-refractivity contribution in [3.05, 3.63) is 40.0 Å². The minimum absolute atomic E-state index is 0.500. The predicted molar refractivity (Wildman–Crippen MR) is 80.2 cm³/mol. The van der Waals surface area contributed by atoms with Crippen LogP contribution in [0.5, 0.6) is 5.75 Å². The summed E-state index contributed by atoms with van der Waals surface area (Å²) in [6.07, 6.45) is 2.62. The van der Waals surface area contributed by atoms with E-state index < -0.39 is 0 Å². The number of halogens is 1. The van der Waals surface area contributed by atoms with Crippen LogP contribution in [0.25, 0.3) is 16.2 Å². The van der Waals surface area contributed by atoms with Crippen molar-refractivity contribution < 1.29 is 9.53 Å². The summed E-state index contributed by atoms with van der Waals surface area (Å²) in [4.78, 5) is 16.7. The predicted octanol–water partition coefficient (Wildman–Crippen LogP) is 3.85. The van der Waals surface area contributed by atoms with E-state index in [2.05, 4.69) is 4.98 Å². The number of methoxy groups -OCH3 is 1. The second-order valence-corrected chi connectivity index (χ2v) is 5.60. The number of aldehydes is 1. The summed E-state index contributed by atoms with van der Waals surface area (Å²) < 4.78 is 7.15. The molecule has 102 valence electrons. The zero-order valence-electron chi connectivity index (χ0n) is 10.9. The highest BCUT2D eigenvalue weighted by Crippen LogP contribution is 2.36. The molecule has 4 nitrogen and oxygen atoms in total. The first-order chi connectivity index (χ1) is 9.65. The summed E-state index contributed by atoms with van der Waals surface area (Å²) in [5.41, 5.74) is 2.73. The first-order valence-electron chi connectivity index (χ1n) is 5.91. The van der Waals surface area contributed by atoms with Crippen molar-refractivity contribution in [1.82, 2.24) is 9.38 Å². The van der Waals surface area contributed by atoms with Crippen molar-refractivity contribution in [1.29, 1.82) is 0 Å². The van der Waals surface area contributed by atoms with Gasteiger partial charge in [0.2, 0.25) is 0 Å². The molecule has 0 fully saturated rings. The third kappa shape index (κ3) is 1.90. The standard InChI is InChI=1S/C14H11ClN2O2S/c1-8-5-12(19-2)9(6-10(8)15)13-11(7-18)17-3-4-20-14(17)16-13/h3-7H,1-2H3. The largest absolute Gasteiger partial charge is 0.496 e. The van der Waals surface area contributed by atoms with Crippen LogP contribution in [0.4, 0.5) is 0 Å². The smallest absolute Gasteiger partial charge is 0.194 e. The third-order valence-corrected chi connectivity index (χ3v) is 4.31. The molecule has 0 spiro atoms. The van der Waals surface area contributed by atoms with Gasteiger partial charge in [0.05, 0.1) is 7.11 Å². The second-order valence-electron chi connectivity index (χ2n) is 4.32. The van der Waals surface area contributed by atoms with Gasteiger partial charge in [-0.15, -0.1) is 11.3 Å². The van der Waals surface area contributed by atoms with Gasteiger partial charge in [-0.05, 0) is 24.6 Å². The monoisotopic (exact) mass is 306 g/mol. The van der Waals surface area contributed by atoms with E-state index >= 15 is 0 Å². The molecule has 3 aromatic rings. The maximum atomic E-state index is 11.4. The number of hydrogen-bond acceptors (Lipinski definition) is 4. The summed E-state index contributed by atoms with van der Waals surface area (Å²) in [5, 5.41) is 2.51. The van der Waals surface area contributed by atoms with Crippen molar-refractivity contribution >= 4 is 34.2 Å². The summed E-state index contributed by atoms with van der Waals surface area (Å²) in [7, 11) is 1.59. The fourth-order valence-corrected chi connectivity index (χ4v) is 3.01. The number of ether oxygens (including phenoxy) is 1. The number of hydrogen-bond donors (Lipinski definition) is 0. The molecule has 2 aromatic heterocycles. The van der Waals surface area contributed by atoms with Gasteiger partial charge in [-0.2, -0.15) is 0 Å². The molecule has 1 aromatic carbocycles. The molecule has 20 heavy (non-hydrogen) atoms. The Labute approximate surface area is 124 Å². The average Bonchev–Trinajstić information content (AvgIpc) is 3.01. The number of imidazole rings is 1. The minimum Gasteiger partial charge on any atom is -0.496 e. The first kappa shape index (κ1) is 13.1. The summed E-state index contributed by atoms with van der Waals surface area (Å²) in [6.45, 7) is 1.90. The van der Waals surface area contributed by atoms with Crippen LogP contribution in [0.3, 0.4) is 0 Å². The molecule has 0 radical (unpaired) electrons. The SMILES string of the molecule is COc1cc(C)c(Cl)cc1-c1nc2sccn2c1C=O. The first-order valence-corrected chi connectivity index (χ1v) is 7.16. The summed E-state index contributed by atoms with van der Waals surface area (Å²) in [6, 6.07) is 3.63. The normalized spacial score (nSPS) is 10.9. The lowest BCUT2D eigenvalue weighted by molar-refractivity contribution is 0.111. The maximum Gasteiger partial charge on any atom is 0.194 e. The van der Waals surface area contributed by atoms with Crippen molar-refractivity contribution in [3.8, 4) is 17.0 Å². The van der Waals surface area contributed by atoms with Crippen LogP contribution in [0.1, 0.15) is 16.1 Å². The lowest BCUT2D eigenvalue weighted by Gasteiger charge is -2.09. The zero-order chi connectivity index (χ0) is 14.3. The van der Waals surface area contributed by atoms with Crippen molar-refractivity contribution in [2.75, 3.05) is 7.11 Å². The molecule has 0 N–H and O–H groups in total. The second kappa shape index (κ2) is 4.92. The number of aryl methyl sites for hydroxylation is 1. The Morgan fingerprint density at radius 1 is 1.45 bits per heavy atom. The molecule has 0 amide bonds. The van der Waals surface area contributed by atoms with Gasteiger partial charge in [0, 0.05) is 22.2 Å². The fraction of sp³-hybridized carbons (Fsp3) is 0.143. The lowest BCUT2D eigenvalue weighted by atomic mass is 10.1. The number of aromatic nitrogens is 2. The molecule has 6 heteroatoms. The molecule has 0 aliphatic rings. The van der Waals surface area contributed by atoms with Gasteiger partial charge in [0.15, 0.2) is 11.2 Å². The van der Waals surface area contributed by atoms with Gasteiger partial charge >= 0.3 is 0 Å². The topological polar surface area (TPSA) is 43.6 Å². The number of thiazole rings is 1.